The summed E-state index contributed by atoms with van der Waals surface area (Å²) in [6, 6.07) is 0. The van der Waals surface area contributed by atoms with Gasteiger partial charge in [-0.1, -0.05) is 79.1 Å². The third kappa shape index (κ3) is 7.88. The Labute approximate surface area is 97.8 Å². The number of rotatable bonds is 6. The summed E-state index contributed by atoms with van der Waals surface area (Å²) in [5, 5.41) is 0. The first-order valence-corrected chi connectivity index (χ1v) is 7.05. The zero-order chi connectivity index (χ0) is 11.5. The van der Waals surface area contributed by atoms with Crippen molar-refractivity contribution >= 4 is 0 Å². The van der Waals surface area contributed by atoms with Crippen LogP contribution in [0.1, 0.15) is 78.6 Å². The lowest BCUT2D eigenvalue weighted by molar-refractivity contribution is 0.180. The molecular formula is C15H31. The van der Waals surface area contributed by atoms with Gasteiger partial charge in [-0.25, -0.2) is 0 Å². The van der Waals surface area contributed by atoms with Crippen LogP contribution in [0, 0.1) is 18.8 Å². The van der Waals surface area contributed by atoms with Gasteiger partial charge in [0.05, 0.1) is 0 Å². The fourth-order valence-corrected chi connectivity index (χ4v) is 2.06. The van der Waals surface area contributed by atoms with E-state index in [0.717, 1.165) is 18.3 Å². The van der Waals surface area contributed by atoms with E-state index in [1.165, 1.54) is 51.4 Å². The number of unbranched alkanes of at least 4 members (excludes halogenated alkanes) is 4. The Morgan fingerprint density at radius 1 is 1.00 bits per heavy atom. The highest BCUT2D eigenvalue weighted by Gasteiger charge is 2.25. The lowest BCUT2D eigenvalue weighted by Crippen LogP contribution is -2.22. The second-order valence-corrected chi connectivity index (χ2v) is 5.02. The van der Waals surface area contributed by atoms with Gasteiger partial charge in [0.25, 0.3) is 0 Å². The molecular weight excluding hydrogens is 180 g/mol. The van der Waals surface area contributed by atoms with E-state index < -0.39 is 0 Å². The van der Waals surface area contributed by atoms with Gasteiger partial charge in [0, 0.05) is 0 Å². The van der Waals surface area contributed by atoms with Crippen molar-refractivity contribution in [3.8, 4) is 0 Å². The first-order chi connectivity index (χ1) is 7.26. The van der Waals surface area contributed by atoms with Crippen molar-refractivity contribution < 1.29 is 0 Å². The van der Waals surface area contributed by atoms with Crippen LogP contribution < -0.4 is 0 Å². The average molecular weight is 211 g/mol. The predicted octanol–water partition coefficient (Wildman–Crippen LogP) is 5.62. The maximum absolute atomic E-state index is 3.72. The Hall–Kier alpha value is 0. The molecule has 0 aromatic heterocycles. The third-order valence-corrected chi connectivity index (χ3v) is 3.58. The van der Waals surface area contributed by atoms with E-state index >= 15 is 0 Å². The minimum atomic E-state index is 1.05. The SMILES string of the molecule is CCCCC1CCC1C.[CH2]CCCCC. The molecule has 91 valence electrons. The van der Waals surface area contributed by atoms with E-state index in [1.807, 2.05) is 0 Å². The molecule has 0 amide bonds. The van der Waals surface area contributed by atoms with Gasteiger partial charge in [-0.05, 0) is 18.3 Å². The maximum atomic E-state index is 3.72. The average Bonchev–Trinajstić information content (AvgIpc) is 2.25. The topological polar surface area (TPSA) is 0 Å². The molecule has 1 rings (SSSR count). The van der Waals surface area contributed by atoms with Crippen LogP contribution in [0.3, 0.4) is 0 Å². The lowest BCUT2D eigenvalue weighted by Gasteiger charge is -2.33. The highest BCUT2D eigenvalue weighted by Crippen LogP contribution is 2.36. The van der Waals surface area contributed by atoms with Crippen molar-refractivity contribution in [1.29, 1.82) is 0 Å². The summed E-state index contributed by atoms with van der Waals surface area (Å²) in [6.45, 7) is 10.6. The highest BCUT2D eigenvalue weighted by atomic mass is 14.3. The van der Waals surface area contributed by atoms with Gasteiger partial charge in [0.1, 0.15) is 0 Å². The van der Waals surface area contributed by atoms with Crippen molar-refractivity contribution in [1.82, 2.24) is 0 Å². The van der Waals surface area contributed by atoms with Crippen LogP contribution in [0.5, 0.6) is 0 Å². The molecule has 0 aromatic carbocycles. The Morgan fingerprint density at radius 2 is 1.67 bits per heavy atom. The minimum absolute atomic E-state index is 1.05. The van der Waals surface area contributed by atoms with Gasteiger partial charge in [0.15, 0.2) is 0 Å². The standard InChI is InChI=1S/C9H18.C6H13/c1-3-4-5-9-7-6-8(9)2;1-3-5-6-4-2/h8-9H,3-7H2,1-2H3;1,3-6H2,2H3. The van der Waals surface area contributed by atoms with Crippen LogP contribution in [0.15, 0.2) is 0 Å². The number of hydrogen-bond acceptors (Lipinski definition) is 0. The molecule has 1 aliphatic carbocycles. The summed E-state index contributed by atoms with van der Waals surface area (Å²) in [4.78, 5) is 0. The van der Waals surface area contributed by atoms with Crippen LogP contribution in [0.4, 0.5) is 0 Å². The number of hydrogen-bond donors (Lipinski definition) is 0. The Bertz CT molecular complexity index is 113. The molecule has 1 radical (unpaired) electrons. The van der Waals surface area contributed by atoms with Gasteiger partial charge in [-0.2, -0.15) is 0 Å². The van der Waals surface area contributed by atoms with E-state index in [1.54, 1.807) is 0 Å². The van der Waals surface area contributed by atoms with Gasteiger partial charge >= 0.3 is 0 Å². The zero-order valence-electron chi connectivity index (χ0n) is 11.2. The molecule has 0 spiro atoms. The van der Waals surface area contributed by atoms with Crippen molar-refractivity contribution in [2.24, 2.45) is 11.8 Å². The summed E-state index contributed by atoms with van der Waals surface area (Å²) in [7, 11) is 0. The van der Waals surface area contributed by atoms with Gasteiger partial charge in [-0.15, -0.1) is 0 Å². The molecule has 0 bridgehead atoms. The highest BCUT2D eigenvalue weighted by molar-refractivity contribution is 4.76. The van der Waals surface area contributed by atoms with Crippen molar-refractivity contribution in [2.45, 2.75) is 78.6 Å². The molecule has 0 N–H and O–H groups in total. The molecule has 0 aliphatic heterocycles. The molecule has 1 saturated carbocycles. The first kappa shape index (κ1) is 15.0. The molecule has 1 fully saturated rings. The van der Waals surface area contributed by atoms with E-state index in [-0.39, 0.29) is 0 Å². The Morgan fingerprint density at radius 3 is 1.93 bits per heavy atom. The first-order valence-electron chi connectivity index (χ1n) is 7.05. The summed E-state index contributed by atoms with van der Waals surface area (Å²) < 4.78 is 0. The largest absolute Gasteiger partial charge is 0.0654 e. The molecule has 0 saturated heterocycles. The zero-order valence-corrected chi connectivity index (χ0v) is 11.2. The van der Waals surface area contributed by atoms with Crippen molar-refractivity contribution in [2.75, 3.05) is 0 Å². The summed E-state index contributed by atoms with van der Waals surface area (Å²) >= 11 is 0. The molecule has 0 aromatic rings. The van der Waals surface area contributed by atoms with Gasteiger partial charge in [-0.3, -0.25) is 0 Å². The third-order valence-electron chi connectivity index (χ3n) is 3.58. The molecule has 2 unspecified atom stereocenters. The van der Waals surface area contributed by atoms with E-state index in [4.69, 9.17) is 0 Å². The molecule has 15 heavy (non-hydrogen) atoms. The predicted molar refractivity (Wildman–Crippen MR) is 70.9 cm³/mol. The van der Waals surface area contributed by atoms with E-state index in [0.29, 0.717) is 0 Å². The quantitative estimate of drug-likeness (QED) is 0.500. The van der Waals surface area contributed by atoms with Gasteiger partial charge < -0.3 is 0 Å². The molecule has 2 atom stereocenters. The second-order valence-electron chi connectivity index (χ2n) is 5.02. The Balaban J connectivity index is 0.000000288. The van der Waals surface area contributed by atoms with Crippen LogP contribution in [-0.4, -0.2) is 0 Å². The summed E-state index contributed by atoms with van der Waals surface area (Å²) in [6.07, 6.45) is 12.4. The Kier molecular flexibility index (Phi) is 10.5. The fourth-order valence-electron chi connectivity index (χ4n) is 2.06. The molecule has 1 aliphatic rings. The monoisotopic (exact) mass is 211 g/mol. The maximum Gasteiger partial charge on any atom is -0.0388 e. The smallest absolute Gasteiger partial charge is 0.0388 e. The molecule has 0 nitrogen and oxygen atoms in total. The van der Waals surface area contributed by atoms with E-state index in [9.17, 15) is 0 Å². The van der Waals surface area contributed by atoms with Crippen LogP contribution in [0.2, 0.25) is 0 Å². The van der Waals surface area contributed by atoms with E-state index in [2.05, 4.69) is 27.7 Å². The molecule has 0 heteroatoms. The lowest BCUT2D eigenvalue weighted by atomic mass is 9.72. The normalized spacial score (nSPS) is 24.0. The van der Waals surface area contributed by atoms with Gasteiger partial charge in [0.2, 0.25) is 0 Å². The minimum Gasteiger partial charge on any atom is -0.0654 e. The van der Waals surface area contributed by atoms with Crippen LogP contribution in [0.25, 0.3) is 0 Å². The van der Waals surface area contributed by atoms with Crippen molar-refractivity contribution in [3.63, 3.8) is 0 Å². The van der Waals surface area contributed by atoms with Crippen LogP contribution in [-0.2, 0) is 0 Å². The molecule has 0 heterocycles. The summed E-state index contributed by atoms with van der Waals surface area (Å²) in [5.41, 5.74) is 0. The fraction of sp³-hybridized carbons (Fsp3) is 0.933. The van der Waals surface area contributed by atoms with Crippen molar-refractivity contribution in [3.05, 3.63) is 6.92 Å². The van der Waals surface area contributed by atoms with Crippen LogP contribution >= 0.6 is 0 Å². The second kappa shape index (κ2) is 10.5. The summed E-state index contributed by atoms with van der Waals surface area (Å²) in [5.74, 6) is 2.15.